The van der Waals surface area contributed by atoms with Crippen molar-refractivity contribution in [2.75, 3.05) is 6.54 Å². The van der Waals surface area contributed by atoms with Crippen molar-refractivity contribution in [3.8, 4) is 0 Å². The van der Waals surface area contributed by atoms with Gasteiger partial charge in [-0.15, -0.1) is 11.3 Å². The minimum absolute atomic E-state index is 0.0667. The number of nitro groups is 1. The van der Waals surface area contributed by atoms with Gasteiger partial charge in [0.05, 0.1) is 15.7 Å². The van der Waals surface area contributed by atoms with Gasteiger partial charge < -0.3 is 5.32 Å². The van der Waals surface area contributed by atoms with E-state index in [0.717, 1.165) is 0 Å². The Morgan fingerprint density at radius 2 is 2.43 bits per heavy atom. The fraction of sp³-hybridized carbons (Fsp3) is 0.375. The molecule has 0 radical (unpaired) electrons. The number of nitrogens with zero attached hydrogens (tertiary/aromatic N) is 1. The third kappa shape index (κ3) is 1.37. The summed E-state index contributed by atoms with van der Waals surface area (Å²) in [6, 6.07) is 1.45. The zero-order valence-electron chi connectivity index (χ0n) is 7.23. The maximum atomic E-state index is 11.3. The van der Waals surface area contributed by atoms with E-state index in [2.05, 4.69) is 5.32 Å². The van der Waals surface area contributed by atoms with Crippen molar-refractivity contribution >= 4 is 22.9 Å². The topological polar surface area (TPSA) is 72.2 Å². The summed E-state index contributed by atoms with van der Waals surface area (Å²) in [4.78, 5) is 22.1. The number of hydrogen-bond donors (Lipinski definition) is 1. The lowest BCUT2D eigenvalue weighted by atomic mass is 10.1. The standard InChI is InChI=1S/C8H8N2O3S/c11-8-5(1-3-9-8)7-6(10(12)13)2-4-14-7/h2,4-5H,1,3H2,(H,9,11). The first-order valence-corrected chi connectivity index (χ1v) is 5.07. The second-order valence-corrected chi connectivity index (χ2v) is 4.01. The van der Waals surface area contributed by atoms with Crippen molar-refractivity contribution in [3.05, 3.63) is 26.4 Å². The van der Waals surface area contributed by atoms with Crippen molar-refractivity contribution in [1.29, 1.82) is 0 Å². The van der Waals surface area contributed by atoms with Gasteiger partial charge in [0.2, 0.25) is 5.91 Å². The van der Waals surface area contributed by atoms with Gasteiger partial charge in [-0.2, -0.15) is 0 Å². The van der Waals surface area contributed by atoms with E-state index in [4.69, 9.17) is 0 Å². The largest absolute Gasteiger partial charge is 0.356 e. The Balaban J connectivity index is 2.35. The van der Waals surface area contributed by atoms with Crippen LogP contribution < -0.4 is 5.32 Å². The van der Waals surface area contributed by atoms with Crippen molar-refractivity contribution < 1.29 is 9.72 Å². The summed E-state index contributed by atoms with van der Waals surface area (Å²) in [6.45, 7) is 0.610. The monoisotopic (exact) mass is 212 g/mol. The molecule has 0 aromatic carbocycles. The number of nitrogens with one attached hydrogen (secondary N) is 1. The molecule has 1 aromatic rings. The van der Waals surface area contributed by atoms with E-state index in [1.165, 1.54) is 17.4 Å². The normalized spacial score (nSPS) is 20.9. The Bertz CT molecular complexity index is 388. The fourth-order valence-corrected chi connectivity index (χ4v) is 2.57. The van der Waals surface area contributed by atoms with E-state index in [1.54, 1.807) is 5.38 Å². The van der Waals surface area contributed by atoms with Crippen molar-refractivity contribution in [1.82, 2.24) is 5.32 Å². The van der Waals surface area contributed by atoms with Gasteiger partial charge in [-0.3, -0.25) is 14.9 Å². The highest BCUT2D eigenvalue weighted by Gasteiger charge is 2.32. The number of rotatable bonds is 2. The molecular weight excluding hydrogens is 204 g/mol. The first kappa shape index (κ1) is 9.14. The highest BCUT2D eigenvalue weighted by Crippen LogP contribution is 2.35. The van der Waals surface area contributed by atoms with Crippen molar-refractivity contribution in [3.63, 3.8) is 0 Å². The summed E-state index contributed by atoms with van der Waals surface area (Å²) >= 11 is 1.28. The quantitative estimate of drug-likeness (QED) is 0.592. The van der Waals surface area contributed by atoms with Crippen LogP contribution >= 0.6 is 11.3 Å². The van der Waals surface area contributed by atoms with Crippen LogP contribution in [0, 0.1) is 10.1 Å². The lowest BCUT2D eigenvalue weighted by molar-refractivity contribution is -0.385. The average molecular weight is 212 g/mol. The first-order chi connectivity index (χ1) is 6.70. The van der Waals surface area contributed by atoms with Gasteiger partial charge in [-0.1, -0.05) is 0 Å². The van der Waals surface area contributed by atoms with Gasteiger partial charge in [0.1, 0.15) is 0 Å². The molecular formula is C8H8N2O3S. The molecule has 1 atom stereocenters. The number of carbonyl (C=O) groups is 1. The Labute approximate surface area is 83.9 Å². The van der Waals surface area contributed by atoms with E-state index in [0.29, 0.717) is 17.8 Å². The third-order valence-electron chi connectivity index (χ3n) is 2.24. The molecule has 74 valence electrons. The number of hydrogen-bond acceptors (Lipinski definition) is 4. The number of thiophene rings is 1. The molecule has 1 aliphatic rings. The summed E-state index contributed by atoms with van der Waals surface area (Å²) in [7, 11) is 0. The van der Waals surface area contributed by atoms with Crippen LogP contribution in [0.2, 0.25) is 0 Å². The second kappa shape index (κ2) is 3.38. The van der Waals surface area contributed by atoms with E-state index in [1.807, 2.05) is 0 Å². The molecule has 6 heteroatoms. The average Bonchev–Trinajstić information content (AvgIpc) is 2.70. The van der Waals surface area contributed by atoms with Gasteiger partial charge in [-0.05, 0) is 11.8 Å². The summed E-state index contributed by atoms with van der Waals surface area (Å²) in [5, 5.41) is 14.9. The summed E-state index contributed by atoms with van der Waals surface area (Å²) < 4.78 is 0. The lowest BCUT2D eigenvalue weighted by Gasteiger charge is -2.02. The van der Waals surface area contributed by atoms with Gasteiger partial charge in [0, 0.05) is 12.6 Å². The van der Waals surface area contributed by atoms with Gasteiger partial charge in [-0.25, -0.2) is 0 Å². The molecule has 1 saturated heterocycles. The molecule has 0 saturated carbocycles. The number of amides is 1. The van der Waals surface area contributed by atoms with Crippen LogP contribution in [0.5, 0.6) is 0 Å². The Morgan fingerprint density at radius 3 is 3.00 bits per heavy atom. The molecule has 0 spiro atoms. The zero-order valence-corrected chi connectivity index (χ0v) is 8.04. The molecule has 2 rings (SSSR count). The SMILES string of the molecule is O=C1NCCC1c1sccc1[N+](=O)[O-]. The van der Waals surface area contributed by atoms with Crippen LogP contribution in [0.1, 0.15) is 17.2 Å². The smallest absolute Gasteiger partial charge is 0.284 e. The molecule has 1 amide bonds. The molecule has 0 bridgehead atoms. The fourth-order valence-electron chi connectivity index (χ4n) is 1.57. The van der Waals surface area contributed by atoms with Crippen LogP contribution in [0.25, 0.3) is 0 Å². The highest BCUT2D eigenvalue weighted by atomic mass is 32.1. The molecule has 1 aliphatic heterocycles. The minimum atomic E-state index is -0.433. The summed E-state index contributed by atoms with van der Waals surface area (Å²) in [5.74, 6) is -0.425. The maximum absolute atomic E-state index is 11.3. The van der Waals surface area contributed by atoms with Gasteiger partial charge in [0.15, 0.2) is 0 Å². The summed E-state index contributed by atoms with van der Waals surface area (Å²) in [5.41, 5.74) is 0.0667. The first-order valence-electron chi connectivity index (χ1n) is 4.19. The van der Waals surface area contributed by atoms with Crippen LogP contribution in [0.15, 0.2) is 11.4 Å². The van der Waals surface area contributed by atoms with Gasteiger partial charge >= 0.3 is 0 Å². The van der Waals surface area contributed by atoms with E-state index in [-0.39, 0.29) is 17.5 Å². The molecule has 1 aromatic heterocycles. The zero-order chi connectivity index (χ0) is 10.1. The Morgan fingerprint density at radius 1 is 1.64 bits per heavy atom. The van der Waals surface area contributed by atoms with E-state index >= 15 is 0 Å². The molecule has 1 unspecified atom stereocenters. The van der Waals surface area contributed by atoms with Crippen LogP contribution in [0.4, 0.5) is 5.69 Å². The molecule has 0 aliphatic carbocycles. The Hall–Kier alpha value is -1.43. The van der Waals surface area contributed by atoms with Crippen LogP contribution in [-0.4, -0.2) is 17.4 Å². The third-order valence-corrected chi connectivity index (χ3v) is 3.26. The molecule has 2 heterocycles. The minimum Gasteiger partial charge on any atom is -0.356 e. The second-order valence-electron chi connectivity index (χ2n) is 3.06. The highest BCUT2D eigenvalue weighted by molar-refractivity contribution is 7.10. The predicted molar refractivity (Wildman–Crippen MR) is 51.3 cm³/mol. The van der Waals surface area contributed by atoms with Crippen molar-refractivity contribution in [2.45, 2.75) is 12.3 Å². The van der Waals surface area contributed by atoms with Crippen molar-refractivity contribution in [2.24, 2.45) is 0 Å². The molecule has 14 heavy (non-hydrogen) atoms. The lowest BCUT2D eigenvalue weighted by Crippen LogP contribution is -2.17. The molecule has 5 nitrogen and oxygen atoms in total. The van der Waals surface area contributed by atoms with Crippen LogP contribution in [-0.2, 0) is 4.79 Å². The van der Waals surface area contributed by atoms with E-state index < -0.39 is 4.92 Å². The molecule has 1 N–H and O–H groups in total. The van der Waals surface area contributed by atoms with Crippen LogP contribution in [0.3, 0.4) is 0 Å². The number of carbonyl (C=O) groups excluding carboxylic acids is 1. The van der Waals surface area contributed by atoms with E-state index in [9.17, 15) is 14.9 Å². The summed E-state index contributed by atoms with van der Waals surface area (Å²) in [6.07, 6.45) is 0.653. The predicted octanol–water partition coefficient (Wildman–Crippen LogP) is 1.26. The molecule has 1 fully saturated rings. The van der Waals surface area contributed by atoms with Gasteiger partial charge in [0.25, 0.3) is 5.69 Å². The maximum Gasteiger partial charge on any atom is 0.284 e. The Kier molecular flexibility index (Phi) is 2.20.